The zero-order chi connectivity index (χ0) is 12.9. The number of hydrogen-bond acceptors (Lipinski definition) is 2. The molecule has 0 radical (unpaired) electrons. The zero-order valence-corrected chi connectivity index (χ0v) is 11.9. The molecule has 0 aliphatic rings. The van der Waals surface area contributed by atoms with E-state index in [-0.39, 0.29) is 0 Å². The van der Waals surface area contributed by atoms with Crippen molar-refractivity contribution < 1.29 is 4.79 Å². The summed E-state index contributed by atoms with van der Waals surface area (Å²) in [5, 5.41) is 3.98. The summed E-state index contributed by atoms with van der Waals surface area (Å²) in [7, 11) is 1.90. The van der Waals surface area contributed by atoms with Crippen LogP contribution in [0.1, 0.15) is 25.3 Å². The molecule has 17 heavy (non-hydrogen) atoms. The van der Waals surface area contributed by atoms with Gasteiger partial charge in [0.05, 0.1) is 0 Å². The molecule has 0 saturated carbocycles. The van der Waals surface area contributed by atoms with Crippen LogP contribution in [0.25, 0.3) is 0 Å². The number of halogens is 1. The molecule has 0 atom stereocenters. The number of nitrogens with one attached hydrogen (secondary N) is 1. The van der Waals surface area contributed by atoms with Crippen LogP contribution in [-0.4, -0.2) is 18.7 Å². The predicted molar refractivity (Wildman–Crippen MR) is 77.6 cm³/mol. The van der Waals surface area contributed by atoms with Crippen molar-refractivity contribution in [1.82, 2.24) is 0 Å². The van der Waals surface area contributed by atoms with Crippen LogP contribution >= 0.6 is 15.9 Å². The van der Waals surface area contributed by atoms with E-state index in [9.17, 15) is 4.79 Å². The number of benzene rings is 1. The Labute approximate surface area is 112 Å². The number of rotatable bonds is 4. The van der Waals surface area contributed by atoms with E-state index < -0.39 is 0 Å². The Morgan fingerprint density at radius 1 is 1.35 bits per heavy atom. The van der Waals surface area contributed by atoms with Crippen molar-refractivity contribution in [3.63, 3.8) is 0 Å². The topological polar surface area (TPSA) is 29.1 Å². The van der Waals surface area contributed by atoms with E-state index in [0.29, 0.717) is 6.42 Å². The molecule has 1 rings (SSSR count). The van der Waals surface area contributed by atoms with Crippen molar-refractivity contribution in [2.75, 3.05) is 17.7 Å². The van der Waals surface area contributed by atoms with Crippen LogP contribution in [0.3, 0.4) is 0 Å². The second-order valence-corrected chi connectivity index (χ2v) is 3.99. The Morgan fingerprint density at radius 2 is 2.00 bits per heavy atom. The minimum Gasteiger partial charge on any atom is -0.388 e. The lowest BCUT2D eigenvalue weighted by molar-refractivity contribution is -0.107. The van der Waals surface area contributed by atoms with Crippen molar-refractivity contribution in [1.29, 1.82) is 0 Å². The number of anilines is 1. The molecule has 0 aliphatic carbocycles. The Hall–Kier alpha value is -1.27. The number of aldehydes is 1. The largest absolute Gasteiger partial charge is 0.388 e. The van der Waals surface area contributed by atoms with E-state index in [4.69, 9.17) is 0 Å². The number of carbonyl (C=O) groups excluding carboxylic acids is 1. The molecule has 0 fully saturated rings. The summed E-state index contributed by atoms with van der Waals surface area (Å²) >= 11 is 3.19. The summed E-state index contributed by atoms with van der Waals surface area (Å²) in [6.07, 6.45) is 2.58. The first-order valence-corrected chi connectivity index (χ1v) is 6.60. The van der Waals surface area contributed by atoms with Gasteiger partial charge in [0.25, 0.3) is 0 Å². The first kappa shape index (κ1) is 15.7. The summed E-state index contributed by atoms with van der Waals surface area (Å²) in [4.78, 5) is 9.54. The van der Waals surface area contributed by atoms with Crippen molar-refractivity contribution >= 4 is 27.9 Å². The average molecular weight is 296 g/mol. The van der Waals surface area contributed by atoms with Crippen molar-refractivity contribution in [2.24, 2.45) is 0 Å². The van der Waals surface area contributed by atoms with Crippen LogP contribution in [-0.2, 0) is 4.79 Å². The van der Waals surface area contributed by atoms with Crippen molar-refractivity contribution in [3.8, 4) is 11.8 Å². The Bertz CT molecular complexity index is 362. The smallest absolute Gasteiger partial charge is 0.120 e. The third kappa shape index (κ3) is 8.53. The van der Waals surface area contributed by atoms with Crippen LogP contribution in [0.4, 0.5) is 5.69 Å². The fourth-order valence-electron chi connectivity index (χ4n) is 1.03. The predicted octanol–water partition coefficient (Wildman–Crippen LogP) is 3.46. The quantitative estimate of drug-likeness (QED) is 0.399. The normalized spacial score (nSPS) is 8.18. The van der Waals surface area contributed by atoms with Gasteiger partial charge < -0.3 is 10.1 Å². The Kier molecular flexibility index (Phi) is 10.4. The molecule has 0 aliphatic heterocycles. The van der Waals surface area contributed by atoms with Gasteiger partial charge in [0, 0.05) is 30.0 Å². The first-order valence-electron chi connectivity index (χ1n) is 5.48. The van der Waals surface area contributed by atoms with E-state index in [1.54, 1.807) is 0 Å². The minimum atomic E-state index is 0.686. The highest BCUT2D eigenvalue weighted by Gasteiger charge is 1.86. The fraction of sp³-hybridized carbons (Fsp3) is 0.357. The summed E-state index contributed by atoms with van der Waals surface area (Å²) in [6.45, 7) is 1.84. The molecule has 0 unspecified atom stereocenters. The summed E-state index contributed by atoms with van der Waals surface area (Å²) in [5.41, 5.74) is 2.18. The zero-order valence-electron chi connectivity index (χ0n) is 10.3. The number of hydrogen-bond donors (Lipinski definition) is 1. The highest BCUT2D eigenvalue weighted by Crippen LogP contribution is 2.06. The molecular formula is C14H18BrNO. The van der Waals surface area contributed by atoms with E-state index in [1.165, 1.54) is 0 Å². The maximum atomic E-state index is 9.54. The maximum Gasteiger partial charge on any atom is 0.120 e. The number of alkyl halides is 1. The van der Waals surface area contributed by atoms with Crippen LogP contribution in [0.15, 0.2) is 24.3 Å². The molecule has 1 aromatic carbocycles. The van der Waals surface area contributed by atoms with E-state index in [0.717, 1.165) is 29.3 Å². The lowest BCUT2D eigenvalue weighted by Gasteiger charge is -1.97. The molecule has 0 spiro atoms. The number of carbonyl (C=O) groups is 1. The highest BCUT2D eigenvalue weighted by molar-refractivity contribution is 9.09. The first-order chi connectivity index (χ1) is 8.28. The van der Waals surface area contributed by atoms with Gasteiger partial charge in [-0.3, -0.25) is 0 Å². The third-order valence-electron chi connectivity index (χ3n) is 1.90. The summed E-state index contributed by atoms with van der Waals surface area (Å²) in [5.74, 6) is 5.83. The van der Waals surface area contributed by atoms with E-state index in [2.05, 4.69) is 33.1 Å². The minimum absolute atomic E-state index is 0.686. The molecule has 0 amide bonds. The Balaban J connectivity index is 0.000000366. The third-order valence-corrected chi connectivity index (χ3v) is 2.46. The van der Waals surface area contributed by atoms with Gasteiger partial charge in [-0.1, -0.05) is 21.9 Å². The highest BCUT2D eigenvalue weighted by atomic mass is 79.9. The van der Waals surface area contributed by atoms with E-state index in [1.807, 2.05) is 38.2 Å². The average Bonchev–Trinajstić information content (AvgIpc) is 2.38. The molecule has 0 saturated heterocycles. The SMILES string of the molecule is CC#Cc1ccc(NC)cc1.O=CCCCBr. The monoisotopic (exact) mass is 295 g/mol. The molecular weight excluding hydrogens is 278 g/mol. The van der Waals surface area contributed by atoms with Gasteiger partial charge in [-0.05, 0) is 37.6 Å². The molecule has 0 aromatic heterocycles. The van der Waals surface area contributed by atoms with Crippen LogP contribution in [0.2, 0.25) is 0 Å². The van der Waals surface area contributed by atoms with Gasteiger partial charge in [0.2, 0.25) is 0 Å². The molecule has 1 aromatic rings. The Morgan fingerprint density at radius 3 is 2.35 bits per heavy atom. The van der Waals surface area contributed by atoms with Gasteiger partial charge in [-0.25, -0.2) is 0 Å². The van der Waals surface area contributed by atoms with Gasteiger partial charge in [0.1, 0.15) is 6.29 Å². The lowest BCUT2D eigenvalue weighted by Crippen LogP contribution is -1.86. The van der Waals surface area contributed by atoms with Crippen LogP contribution < -0.4 is 5.32 Å². The maximum absolute atomic E-state index is 9.54. The van der Waals surface area contributed by atoms with Crippen molar-refractivity contribution in [2.45, 2.75) is 19.8 Å². The van der Waals surface area contributed by atoms with E-state index >= 15 is 0 Å². The van der Waals surface area contributed by atoms with Gasteiger partial charge in [0.15, 0.2) is 0 Å². The molecule has 0 heterocycles. The summed E-state index contributed by atoms with van der Waals surface area (Å²) in [6, 6.07) is 8.03. The molecule has 0 bridgehead atoms. The lowest BCUT2D eigenvalue weighted by atomic mass is 10.2. The molecule has 3 heteroatoms. The van der Waals surface area contributed by atoms with Gasteiger partial charge >= 0.3 is 0 Å². The van der Waals surface area contributed by atoms with Crippen LogP contribution in [0.5, 0.6) is 0 Å². The second kappa shape index (κ2) is 11.2. The van der Waals surface area contributed by atoms with Gasteiger partial charge in [-0.15, -0.1) is 5.92 Å². The van der Waals surface area contributed by atoms with Gasteiger partial charge in [-0.2, -0.15) is 0 Å². The molecule has 2 nitrogen and oxygen atoms in total. The summed E-state index contributed by atoms with van der Waals surface area (Å²) < 4.78 is 0. The second-order valence-electron chi connectivity index (χ2n) is 3.20. The molecule has 92 valence electrons. The number of unbranched alkanes of at least 4 members (excludes halogenated alkanes) is 1. The molecule has 1 N–H and O–H groups in total. The van der Waals surface area contributed by atoms with Crippen molar-refractivity contribution in [3.05, 3.63) is 29.8 Å². The standard InChI is InChI=1S/C10H11N.C4H7BrO/c1-3-4-9-5-7-10(11-2)8-6-9;5-3-1-2-4-6/h5-8,11H,1-2H3;4H,1-3H2. The fourth-order valence-corrected chi connectivity index (χ4v) is 1.35. The van der Waals surface area contributed by atoms with Crippen LogP contribution in [0, 0.1) is 11.8 Å².